The first kappa shape index (κ1) is 23.4. The van der Waals surface area contributed by atoms with Crippen LogP contribution >= 0.6 is 11.6 Å². The van der Waals surface area contributed by atoms with Crippen LogP contribution in [-0.4, -0.2) is 36.3 Å². The van der Waals surface area contributed by atoms with Crippen molar-refractivity contribution in [2.24, 2.45) is 0 Å². The number of methoxy groups -OCH3 is 1. The first-order chi connectivity index (χ1) is 15.3. The largest absolute Gasteiger partial charge is 0.477 e. The maximum Gasteiger partial charge on any atom is 0.346 e. The molecule has 2 aromatic carbocycles. The molecule has 0 saturated carbocycles. The summed E-state index contributed by atoms with van der Waals surface area (Å²) in [7, 11) is 1.31. The highest BCUT2D eigenvalue weighted by Gasteiger charge is 2.18. The Labute approximate surface area is 192 Å². The number of carbonyl (C=O) groups excluding carboxylic acids is 2. The van der Waals surface area contributed by atoms with Gasteiger partial charge in [0, 0.05) is 23.1 Å². The highest BCUT2D eigenvalue weighted by atomic mass is 35.5. The minimum absolute atomic E-state index is 0.175. The smallest absolute Gasteiger partial charge is 0.346 e. The van der Waals surface area contributed by atoms with E-state index in [0.717, 1.165) is 27.7 Å². The van der Waals surface area contributed by atoms with Crippen LogP contribution in [0.2, 0.25) is 5.02 Å². The van der Waals surface area contributed by atoms with Crippen molar-refractivity contribution in [1.82, 2.24) is 4.57 Å². The van der Waals surface area contributed by atoms with Crippen molar-refractivity contribution >= 4 is 34.4 Å². The number of fused-ring (bicyclic) bond motifs is 1. The minimum Gasteiger partial charge on any atom is -0.477 e. The molecule has 0 spiro atoms. The Morgan fingerprint density at radius 2 is 1.94 bits per heavy atom. The highest BCUT2D eigenvalue weighted by Crippen LogP contribution is 2.30. The number of carbonyl (C=O) groups is 2. The third-order valence-electron chi connectivity index (χ3n) is 5.38. The molecule has 0 aliphatic heterocycles. The summed E-state index contributed by atoms with van der Waals surface area (Å²) in [6.07, 6.45) is 0.786. The molecule has 7 heteroatoms. The molecule has 6 nitrogen and oxygen atoms in total. The number of aromatic nitrogens is 1. The van der Waals surface area contributed by atoms with E-state index in [0.29, 0.717) is 22.9 Å². The summed E-state index contributed by atoms with van der Waals surface area (Å²) in [5, 5.41) is 1.41. The number of halogens is 1. The quantitative estimate of drug-likeness (QED) is 0.343. The fourth-order valence-corrected chi connectivity index (χ4v) is 3.77. The predicted octanol–water partition coefficient (Wildman–Crippen LogP) is 5.24. The molecule has 32 heavy (non-hydrogen) atoms. The average Bonchev–Trinajstić information content (AvgIpc) is 3.02. The minimum atomic E-state index is -0.756. The predicted molar refractivity (Wildman–Crippen MR) is 125 cm³/mol. The number of esters is 2. The zero-order valence-corrected chi connectivity index (χ0v) is 19.4. The number of nitrogens with zero attached hydrogens (tertiary/aromatic N) is 1. The van der Waals surface area contributed by atoms with Crippen molar-refractivity contribution in [2.75, 3.05) is 13.7 Å². The van der Waals surface area contributed by atoms with E-state index in [2.05, 4.69) is 15.9 Å². The Kier molecular flexibility index (Phi) is 7.26. The molecule has 1 heterocycles. The summed E-state index contributed by atoms with van der Waals surface area (Å²) in [5.74, 6) is -0.427. The molecule has 3 rings (SSSR count). The van der Waals surface area contributed by atoms with Crippen LogP contribution in [0.1, 0.15) is 34.1 Å². The standard InChI is InChI=1S/C25H26ClNO5/c1-6-11-31-25(29)19-8-9-22-20(13-19)15(2)16(3)27(22)14-18-7-10-23(21(26)12-18)32-17(4)24(28)30-5/h6-10,12-13,17H,1,11,14H2,2-5H3. The molecule has 0 amide bonds. The summed E-state index contributed by atoms with van der Waals surface area (Å²) < 4.78 is 17.6. The van der Waals surface area contributed by atoms with Gasteiger partial charge in [-0.15, -0.1) is 0 Å². The van der Waals surface area contributed by atoms with Gasteiger partial charge in [0.2, 0.25) is 0 Å². The van der Waals surface area contributed by atoms with Gasteiger partial charge in [-0.1, -0.05) is 30.3 Å². The molecule has 168 valence electrons. The van der Waals surface area contributed by atoms with Crippen LogP contribution in [0.4, 0.5) is 0 Å². The lowest BCUT2D eigenvalue weighted by Gasteiger charge is -2.15. The summed E-state index contributed by atoms with van der Waals surface area (Å²) in [6.45, 7) is 10.0. The Hall–Kier alpha value is -3.25. The summed E-state index contributed by atoms with van der Waals surface area (Å²) in [6, 6.07) is 11.0. The van der Waals surface area contributed by atoms with Gasteiger partial charge in [0.05, 0.1) is 17.7 Å². The van der Waals surface area contributed by atoms with E-state index in [-0.39, 0.29) is 12.6 Å². The molecular formula is C25H26ClNO5. The van der Waals surface area contributed by atoms with E-state index in [9.17, 15) is 9.59 Å². The first-order valence-corrected chi connectivity index (χ1v) is 10.5. The molecule has 1 aromatic heterocycles. The molecule has 0 saturated heterocycles. The lowest BCUT2D eigenvalue weighted by atomic mass is 10.1. The Morgan fingerprint density at radius 1 is 1.19 bits per heavy atom. The zero-order chi connectivity index (χ0) is 23.4. The number of hydrogen-bond donors (Lipinski definition) is 0. The van der Waals surface area contributed by atoms with Crippen molar-refractivity contribution in [3.05, 3.63) is 76.5 Å². The zero-order valence-electron chi connectivity index (χ0n) is 18.6. The fraction of sp³-hybridized carbons (Fsp3) is 0.280. The van der Waals surface area contributed by atoms with Crippen LogP contribution in [0.3, 0.4) is 0 Å². The van der Waals surface area contributed by atoms with Gasteiger partial charge in [0.25, 0.3) is 0 Å². The second-order valence-corrected chi connectivity index (χ2v) is 7.87. The molecule has 0 aliphatic carbocycles. The van der Waals surface area contributed by atoms with Crippen molar-refractivity contribution in [1.29, 1.82) is 0 Å². The van der Waals surface area contributed by atoms with E-state index < -0.39 is 12.1 Å². The van der Waals surface area contributed by atoms with Crippen molar-refractivity contribution in [2.45, 2.75) is 33.4 Å². The van der Waals surface area contributed by atoms with Gasteiger partial charge < -0.3 is 18.8 Å². The highest BCUT2D eigenvalue weighted by molar-refractivity contribution is 6.32. The van der Waals surface area contributed by atoms with Crippen LogP contribution in [0, 0.1) is 13.8 Å². The van der Waals surface area contributed by atoms with E-state index in [1.54, 1.807) is 25.1 Å². The maximum atomic E-state index is 12.2. The molecule has 0 radical (unpaired) electrons. The number of hydrogen-bond acceptors (Lipinski definition) is 5. The Balaban J connectivity index is 1.88. The van der Waals surface area contributed by atoms with Crippen LogP contribution in [0.5, 0.6) is 5.75 Å². The molecule has 1 unspecified atom stereocenters. The van der Waals surface area contributed by atoms with Crippen LogP contribution < -0.4 is 4.74 Å². The second kappa shape index (κ2) is 9.92. The number of benzene rings is 2. The van der Waals surface area contributed by atoms with Crippen LogP contribution in [-0.2, 0) is 20.8 Å². The maximum absolute atomic E-state index is 12.2. The van der Waals surface area contributed by atoms with E-state index in [4.69, 9.17) is 21.1 Å². The molecule has 3 aromatic rings. The average molecular weight is 456 g/mol. The fourth-order valence-electron chi connectivity index (χ4n) is 3.52. The van der Waals surface area contributed by atoms with Gasteiger partial charge in [-0.25, -0.2) is 9.59 Å². The summed E-state index contributed by atoms with van der Waals surface area (Å²) >= 11 is 6.40. The molecule has 0 fully saturated rings. The second-order valence-electron chi connectivity index (χ2n) is 7.46. The van der Waals surface area contributed by atoms with E-state index in [1.807, 2.05) is 38.1 Å². The van der Waals surface area contributed by atoms with Gasteiger partial charge in [-0.2, -0.15) is 0 Å². The molecular weight excluding hydrogens is 430 g/mol. The van der Waals surface area contributed by atoms with E-state index >= 15 is 0 Å². The normalized spacial score (nSPS) is 11.8. The van der Waals surface area contributed by atoms with Crippen molar-refractivity contribution in [3.8, 4) is 5.75 Å². The lowest BCUT2D eigenvalue weighted by Crippen LogP contribution is -2.25. The van der Waals surface area contributed by atoms with Gasteiger partial charge in [-0.05, 0) is 62.2 Å². The third-order valence-corrected chi connectivity index (χ3v) is 5.68. The van der Waals surface area contributed by atoms with Crippen LogP contribution in [0.25, 0.3) is 10.9 Å². The number of ether oxygens (including phenoxy) is 3. The van der Waals surface area contributed by atoms with Gasteiger partial charge in [-0.3, -0.25) is 0 Å². The SMILES string of the molecule is C=CCOC(=O)c1ccc2c(c1)c(C)c(C)n2Cc1ccc(OC(C)C(=O)OC)c(Cl)c1. The summed E-state index contributed by atoms with van der Waals surface area (Å²) in [4.78, 5) is 23.8. The van der Waals surface area contributed by atoms with E-state index in [1.165, 1.54) is 7.11 Å². The monoisotopic (exact) mass is 455 g/mol. The topological polar surface area (TPSA) is 66.8 Å². The first-order valence-electron chi connectivity index (χ1n) is 10.2. The summed E-state index contributed by atoms with van der Waals surface area (Å²) in [5.41, 5.74) is 4.67. The van der Waals surface area contributed by atoms with Gasteiger partial charge >= 0.3 is 11.9 Å². The van der Waals surface area contributed by atoms with Crippen LogP contribution in [0.15, 0.2) is 49.1 Å². The van der Waals surface area contributed by atoms with Gasteiger partial charge in [0.15, 0.2) is 6.10 Å². The molecule has 0 N–H and O–H groups in total. The Morgan fingerprint density at radius 3 is 2.59 bits per heavy atom. The van der Waals surface area contributed by atoms with Crippen molar-refractivity contribution < 1.29 is 23.8 Å². The molecule has 0 bridgehead atoms. The Bertz CT molecular complexity index is 1180. The number of aryl methyl sites for hydroxylation is 1. The number of rotatable bonds is 8. The lowest BCUT2D eigenvalue weighted by molar-refractivity contribution is -0.147. The third kappa shape index (κ3) is 4.81. The van der Waals surface area contributed by atoms with Gasteiger partial charge in [0.1, 0.15) is 12.4 Å². The molecule has 0 aliphatic rings. The molecule has 1 atom stereocenters. The van der Waals surface area contributed by atoms with Crippen molar-refractivity contribution in [3.63, 3.8) is 0 Å².